The lowest BCUT2D eigenvalue weighted by Crippen LogP contribution is -2.04. The maximum absolute atomic E-state index is 6.51. The number of halogens is 2. The molecular weight excluding hydrogens is 409 g/mol. The molecule has 3 aromatic carbocycles. The van der Waals surface area contributed by atoms with Crippen molar-refractivity contribution in [2.45, 2.75) is 20.1 Å². The normalized spacial score (nSPS) is 10.5. The summed E-state index contributed by atoms with van der Waals surface area (Å²) in [5, 5.41) is 4.62. The number of nitrogens with one attached hydrogen (secondary N) is 1. The van der Waals surface area contributed by atoms with E-state index in [4.69, 9.17) is 37.4 Å². The Kier molecular flexibility index (Phi) is 7.50. The molecule has 0 amide bonds. The molecule has 0 aliphatic carbocycles. The molecular formula is C23H23Cl2NO3. The largest absolute Gasteiger partial charge is 0.497 e. The summed E-state index contributed by atoms with van der Waals surface area (Å²) in [4.78, 5) is 0. The standard InChI is InChI=1S/C23H23Cl2NO3/c1-3-28-22-12-17(14-26-18-8-10-19(27-2)11-9-18)21(25)13-23(22)29-15-16-6-4-5-7-20(16)24/h4-13,26H,3,14-15H2,1-2H3. The van der Waals surface area contributed by atoms with Crippen LogP contribution >= 0.6 is 23.2 Å². The molecule has 0 fully saturated rings. The van der Waals surface area contributed by atoms with E-state index in [2.05, 4.69) is 5.32 Å². The summed E-state index contributed by atoms with van der Waals surface area (Å²) >= 11 is 12.7. The molecule has 0 radical (unpaired) electrons. The average Bonchev–Trinajstić information content (AvgIpc) is 2.74. The van der Waals surface area contributed by atoms with Crippen LogP contribution in [0.4, 0.5) is 5.69 Å². The number of hydrogen-bond donors (Lipinski definition) is 1. The van der Waals surface area contributed by atoms with Crippen LogP contribution in [0.25, 0.3) is 0 Å². The Balaban J connectivity index is 1.73. The van der Waals surface area contributed by atoms with Crippen molar-refractivity contribution in [3.63, 3.8) is 0 Å². The van der Waals surface area contributed by atoms with Crippen molar-refractivity contribution in [3.05, 3.63) is 81.8 Å². The second-order valence-corrected chi connectivity index (χ2v) is 7.10. The van der Waals surface area contributed by atoms with E-state index in [0.29, 0.717) is 41.3 Å². The van der Waals surface area contributed by atoms with Crippen LogP contribution in [0.1, 0.15) is 18.1 Å². The molecule has 3 aromatic rings. The highest BCUT2D eigenvalue weighted by Crippen LogP contribution is 2.35. The lowest BCUT2D eigenvalue weighted by molar-refractivity contribution is 0.269. The first kappa shape index (κ1) is 21.2. The molecule has 0 unspecified atom stereocenters. The highest BCUT2D eigenvalue weighted by atomic mass is 35.5. The average molecular weight is 432 g/mol. The number of hydrogen-bond acceptors (Lipinski definition) is 4. The van der Waals surface area contributed by atoms with Gasteiger partial charge in [-0.05, 0) is 48.9 Å². The summed E-state index contributed by atoms with van der Waals surface area (Å²) in [6.07, 6.45) is 0. The predicted octanol–water partition coefficient (Wildman–Crippen LogP) is 6.59. The van der Waals surface area contributed by atoms with E-state index >= 15 is 0 Å². The number of rotatable bonds is 9. The zero-order valence-electron chi connectivity index (χ0n) is 16.4. The van der Waals surface area contributed by atoms with Gasteiger partial charge in [-0.25, -0.2) is 0 Å². The SMILES string of the molecule is CCOc1cc(CNc2ccc(OC)cc2)c(Cl)cc1OCc1ccccc1Cl. The molecule has 4 nitrogen and oxygen atoms in total. The summed E-state index contributed by atoms with van der Waals surface area (Å²) in [6, 6.07) is 19.0. The van der Waals surface area contributed by atoms with Crippen molar-refractivity contribution in [3.8, 4) is 17.2 Å². The molecule has 152 valence electrons. The lowest BCUT2D eigenvalue weighted by Gasteiger charge is -2.16. The van der Waals surface area contributed by atoms with Crippen molar-refractivity contribution < 1.29 is 14.2 Å². The van der Waals surface area contributed by atoms with Crippen molar-refractivity contribution in [1.82, 2.24) is 0 Å². The van der Waals surface area contributed by atoms with Crippen LogP contribution in [0.3, 0.4) is 0 Å². The molecule has 0 saturated heterocycles. The Hall–Kier alpha value is -2.56. The van der Waals surface area contributed by atoms with Gasteiger partial charge in [-0.1, -0.05) is 41.4 Å². The highest BCUT2D eigenvalue weighted by molar-refractivity contribution is 6.31. The zero-order valence-corrected chi connectivity index (χ0v) is 17.9. The first-order chi connectivity index (χ1) is 14.1. The van der Waals surface area contributed by atoms with Crippen LogP contribution in [-0.4, -0.2) is 13.7 Å². The lowest BCUT2D eigenvalue weighted by atomic mass is 10.2. The molecule has 0 aromatic heterocycles. The van der Waals surface area contributed by atoms with Gasteiger partial charge in [0.15, 0.2) is 11.5 Å². The molecule has 0 aliphatic heterocycles. The van der Waals surface area contributed by atoms with E-state index in [0.717, 1.165) is 22.6 Å². The molecule has 1 N–H and O–H groups in total. The predicted molar refractivity (Wildman–Crippen MR) is 119 cm³/mol. The van der Waals surface area contributed by atoms with Gasteiger partial charge in [0.05, 0.1) is 13.7 Å². The molecule has 0 bridgehead atoms. The van der Waals surface area contributed by atoms with Crippen molar-refractivity contribution >= 4 is 28.9 Å². The van der Waals surface area contributed by atoms with Crippen molar-refractivity contribution in [1.29, 1.82) is 0 Å². The quantitative estimate of drug-likeness (QED) is 0.414. The van der Waals surface area contributed by atoms with E-state index in [-0.39, 0.29) is 0 Å². The maximum Gasteiger partial charge on any atom is 0.163 e. The van der Waals surface area contributed by atoms with Crippen molar-refractivity contribution in [2.24, 2.45) is 0 Å². The van der Waals surface area contributed by atoms with E-state index in [9.17, 15) is 0 Å². The molecule has 6 heteroatoms. The van der Waals surface area contributed by atoms with Crippen LogP contribution < -0.4 is 19.5 Å². The second kappa shape index (κ2) is 10.3. The third-order valence-corrected chi connectivity index (χ3v) is 5.05. The van der Waals surface area contributed by atoms with Crippen LogP contribution in [0, 0.1) is 0 Å². The molecule has 0 spiro atoms. The summed E-state index contributed by atoms with van der Waals surface area (Å²) in [6.45, 7) is 3.34. The first-order valence-corrected chi connectivity index (χ1v) is 10.1. The van der Waals surface area contributed by atoms with E-state index in [1.165, 1.54) is 0 Å². The summed E-state index contributed by atoms with van der Waals surface area (Å²) < 4.78 is 16.9. The van der Waals surface area contributed by atoms with Gasteiger partial charge in [-0.3, -0.25) is 0 Å². The molecule has 29 heavy (non-hydrogen) atoms. The third kappa shape index (κ3) is 5.72. The van der Waals surface area contributed by atoms with E-state index in [1.807, 2.05) is 61.5 Å². The van der Waals surface area contributed by atoms with Gasteiger partial charge in [0, 0.05) is 33.9 Å². The van der Waals surface area contributed by atoms with Gasteiger partial charge in [-0.2, -0.15) is 0 Å². The Labute approximate surface area is 181 Å². The van der Waals surface area contributed by atoms with E-state index < -0.39 is 0 Å². The van der Waals surface area contributed by atoms with Gasteiger partial charge < -0.3 is 19.5 Å². The van der Waals surface area contributed by atoms with Gasteiger partial charge in [0.25, 0.3) is 0 Å². The highest BCUT2D eigenvalue weighted by Gasteiger charge is 2.12. The number of methoxy groups -OCH3 is 1. The second-order valence-electron chi connectivity index (χ2n) is 6.29. The van der Waals surface area contributed by atoms with Gasteiger partial charge in [0.2, 0.25) is 0 Å². The van der Waals surface area contributed by atoms with Gasteiger partial charge >= 0.3 is 0 Å². The minimum atomic E-state index is 0.333. The number of benzene rings is 3. The monoisotopic (exact) mass is 431 g/mol. The van der Waals surface area contributed by atoms with E-state index in [1.54, 1.807) is 13.2 Å². The Bertz CT molecular complexity index is 945. The molecule has 0 atom stereocenters. The zero-order chi connectivity index (χ0) is 20.6. The maximum atomic E-state index is 6.51. The smallest absolute Gasteiger partial charge is 0.163 e. The number of ether oxygens (including phenoxy) is 3. The van der Waals surface area contributed by atoms with Crippen LogP contribution in [-0.2, 0) is 13.2 Å². The minimum Gasteiger partial charge on any atom is -0.497 e. The topological polar surface area (TPSA) is 39.7 Å². The Morgan fingerprint density at radius 2 is 1.55 bits per heavy atom. The van der Waals surface area contributed by atoms with Crippen molar-refractivity contribution in [2.75, 3.05) is 19.0 Å². The Morgan fingerprint density at radius 3 is 2.24 bits per heavy atom. The summed E-state index contributed by atoms with van der Waals surface area (Å²) in [5.41, 5.74) is 2.79. The summed E-state index contributed by atoms with van der Waals surface area (Å²) in [5.74, 6) is 2.05. The summed E-state index contributed by atoms with van der Waals surface area (Å²) in [7, 11) is 1.65. The van der Waals surface area contributed by atoms with Gasteiger partial charge in [0.1, 0.15) is 12.4 Å². The first-order valence-electron chi connectivity index (χ1n) is 9.30. The third-order valence-electron chi connectivity index (χ3n) is 4.33. The van der Waals surface area contributed by atoms with Crippen LogP contribution in [0.2, 0.25) is 10.0 Å². The van der Waals surface area contributed by atoms with Crippen LogP contribution in [0.5, 0.6) is 17.2 Å². The van der Waals surface area contributed by atoms with Crippen LogP contribution in [0.15, 0.2) is 60.7 Å². The fourth-order valence-electron chi connectivity index (χ4n) is 2.77. The fraction of sp³-hybridized carbons (Fsp3) is 0.217. The molecule has 0 saturated carbocycles. The molecule has 0 heterocycles. The molecule has 3 rings (SSSR count). The molecule has 0 aliphatic rings. The number of anilines is 1. The Morgan fingerprint density at radius 1 is 0.828 bits per heavy atom. The fourth-order valence-corrected chi connectivity index (χ4v) is 3.18. The minimum absolute atomic E-state index is 0.333. The van der Waals surface area contributed by atoms with Gasteiger partial charge in [-0.15, -0.1) is 0 Å².